The van der Waals surface area contributed by atoms with Crippen LogP contribution in [-0.2, 0) is 29.2 Å². The van der Waals surface area contributed by atoms with E-state index in [1.807, 2.05) is 69.3 Å². The molecule has 7 rings (SSSR count). The third-order valence-corrected chi connectivity index (χ3v) is 12.8. The highest BCUT2D eigenvalue weighted by Crippen LogP contribution is 2.46. The number of amides is 4. The van der Waals surface area contributed by atoms with E-state index in [0.717, 1.165) is 18.4 Å². The number of carbonyl (C=O) groups is 4. The molecule has 0 radical (unpaired) electrons. The third-order valence-electron chi connectivity index (χ3n) is 11.0. The molecule has 3 N–H and O–H groups in total. The van der Waals surface area contributed by atoms with Crippen molar-refractivity contribution in [1.29, 1.82) is 0 Å². The lowest BCUT2D eigenvalue weighted by Gasteiger charge is -2.35. The van der Waals surface area contributed by atoms with Crippen LogP contribution in [0.1, 0.15) is 65.7 Å². The molecule has 55 heavy (non-hydrogen) atoms. The maximum absolute atomic E-state index is 14.6. The maximum atomic E-state index is 14.6. The zero-order valence-corrected chi connectivity index (χ0v) is 32.5. The molecule has 2 heterocycles. The number of methoxy groups -OCH3 is 1. The Kier molecular flexibility index (Phi) is 10.2. The minimum absolute atomic E-state index is 0.00276. The van der Waals surface area contributed by atoms with Gasteiger partial charge < -0.3 is 25.0 Å². The molecule has 0 spiro atoms. The van der Waals surface area contributed by atoms with Crippen molar-refractivity contribution < 1.29 is 37.1 Å². The summed E-state index contributed by atoms with van der Waals surface area (Å²) in [7, 11) is -2.32. The van der Waals surface area contributed by atoms with Crippen molar-refractivity contribution in [3.05, 3.63) is 67.3 Å². The summed E-state index contributed by atoms with van der Waals surface area (Å²) in [5.74, 6) is -1.24. The number of ether oxygens (including phenoxy) is 2. The largest absolute Gasteiger partial charge is 0.497 e. The Morgan fingerprint density at radius 1 is 1.05 bits per heavy atom. The van der Waals surface area contributed by atoms with E-state index in [4.69, 9.17) is 14.5 Å². The standard InChI is InChI=1S/C41H49N5O8S/c1-6-26-22-41(26,39(50)45-55(51,52)29-15-16-29)44-37(48)33-20-28(23-46(33)38(49)36(40(2,3)4)43-35(47)18-24-12-13-24)54-34-21-31(25-10-8-7-9-11-25)42-32-19-27(53-5)14-17-30(32)34/h6-11,14,17,19,21,24,26,28-29,33,36H,1,12-13,15-16,18,20,22-23H2,2-5H3,(H,43,47)(H,44,48)(H,45,50). The van der Waals surface area contributed by atoms with Gasteiger partial charge in [-0.2, -0.15) is 0 Å². The summed E-state index contributed by atoms with van der Waals surface area (Å²) in [6.45, 7) is 9.37. The van der Waals surface area contributed by atoms with Gasteiger partial charge in [0.1, 0.15) is 35.2 Å². The van der Waals surface area contributed by atoms with E-state index in [1.165, 1.54) is 11.0 Å². The molecule has 4 amide bonds. The molecule has 0 bridgehead atoms. The Hall–Kier alpha value is -4.98. The minimum Gasteiger partial charge on any atom is -0.497 e. The number of likely N-dealkylation sites (tertiary alicyclic amines) is 1. The Morgan fingerprint density at radius 2 is 1.78 bits per heavy atom. The second-order valence-electron chi connectivity index (χ2n) is 16.4. The second kappa shape index (κ2) is 14.6. The summed E-state index contributed by atoms with van der Waals surface area (Å²) < 4.78 is 39.9. The number of benzene rings is 2. The van der Waals surface area contributed by atoms with Crippen LogP contribution in [-0.4, -0.2) is 84.6 Å². The fourth-order valence-corrected chi connectivity index (χ4v) is 8.71. The monoisotopic (exact) mass is 771 g/mol. The molecule has 292 valence electrons. The van der Waals surface area contributed by atoms with Crippen LogP contribution in [0.2, 0.25) is 0 Å². The maximum Gasteiger partial charge on any atom is 0.259 e. The summed E-state index contributed by atoms with van der Waals surface area (Å²) >= 11 is 0. The number of carbonyl (C=O) groups excluding carboxylic acids is 4. The van der Waals surface area contributed by atoms with Gasteiger partial charge in [0, 0.05) is 41.8 Å². The van der Waals surface area contributed by atoms with Crippen LogP contribution >= 0.6 is 0 Å². The van der Waals surface area contributed by atoms with Gasteiger partial charge in [0.15, 0.2) is 0 Å². The molecule has 2 aromatic carbocycles. The first kappa shape index (κ1) is 38.3. The number of hydrogen-bond donors (Lipinski definition) is 3. The van der Waals surface area contributed by atoms with Gasteiger partial charge in [0.2, 0.25) is 27.7 Å². The predicted octanol–water partition coefficient (Wildman–Crippen LogP) is 4.26. The topological polar surface area (TPSA) is 173 Å². The molecule has 1 saturated heterocycles. The first-order chi connectivity index (χ1) is 26.1. The lowest BCUT2D eigenvalue weighted by Crippen LogP contribution is -2.60. The van der Waals surface area contributed by atoms with Gasteiger partial charge in [0.25, 0.3) is 5.91 Å². The summed E-state index contributed by atoms with van der Waals surface area (Å²) in [5.41, 5.74) is -0.118. The van der Waals surface area contributed by atoms with Crippen LogP contribution in [0.15, 0.2) is 67.3 Å². The number of nitrogens with one attached hydrogen (secondary N) is 3. The molecule has 3 aromatic rings. The molecule has 1 aliphatic heterocycles. The van der Waals surface area contributed by atoms with E-state index in [9.17, 15) is 27.6 Å². The summed E-state index contributed by atoms with van der Waals surface area (Å²) in [6, 6.07) is 14.8. The van der Waals surface area contributed by atoms with Crippen LogP contribution < -0.4 is 24.8 Å². The molecule has 14 heteroatoms. The summed E-state index contributed by atoms with van der Waals surface area (Å²) in [6.07, 6.45) is 4.25. The van der Waals surface area contributed by atoms with E-state index < -0.39 is 68.1 Å². The van der Waals surface area contributed by atoms with Gasteiger partial charge in [-0.25, -0.2) is 13.4 Å². The quantitative estimate of drug-likeness (QED) is 0.203. The van der Waals surface area contributed by atoms with Crippen LogP contribution in [0, 0.1) is 17.3 Å². The number of fused-ring (bicyclic) bond motifs is 1. The number of rotatable bonds is 14. The highest BCUT2D eigenvalue weighted by Gasteiger charge is 2.62. The van der Waals surface area contributed by atoms with E-state index >= 15 is 0 Å². The van der Waals surface area contributed by atoms with Crippen molar-refractivity contribution in [3.63, 3.8) is 0 Å². The lowest BCUT2D eigenvalue weighted by atomic mass is 9.85. The van der Waals surface area contributed by atoms with Crippen LogP contribution in [0.5, 0.6) is 11.5 Å². The lowest BCUT2D eigenvalue weighted by molar-refractivity contribution is -0.144. The van der Waals surface area contributed by atoms with Crippen LogP contribution in [0.25, 0.3) is 22.2 Å². The van der Waals surface area contributed by atoms with Crippen LogP contribution in [0.4, 0.5) is 0 Å². The molecule has 3 saturated carbocycles. The van der Waals surface area contributed by atoms with E-state index in [2.05, 4.69) is 21.9 Å². The van der Waals surface area contributed by atoms with Gasteiger partial charge in [0.05, 0.1) is 30.1 Å². The van der Waals surface area contributed by atoms with Crippen LogP contribution in [0.3, 0.4) is 0 Å². The number of hydrogen-bond acceptors (Lipinski definition) is 9. The second-order valence-corrected chi connectivity index (χ2v) is 18.4. The van der Waals surface area contributed by atoms with Crippen molar-refractivity contribution >= 4 is 44.6 Å². The molecule has 1 aromatic heterocycles. The number of sulfonamides is 1. The van der Waals surface area contributed by atoms with Gasteiger partial charge in [-0.05, 0) is 55.6 Å². The average Bonchev–Trinajstić information content (AvgIpc) is 4.05. The molecular formula is C41H49N5O8S. The number of nitrogens with zero attached hydrogens (tertiary/aromatic N) is 2. The average molecular weight is 772 g/mol. The smallest absolute Gasteiger partial charge is 0.259 e. The molecule has 5 atom stereocenters. The normalized spacial score (nSPS) is 24.1. The molecule has 4 fully saturated rings. The molecule has 13 nitrogen and oxygen atoms in total. The molecular weight excluding hydrogens is 723 g/mol. The fourth-order valence-electron chi connectivity index (χ4n) is 7.35. The van der Waals surface area contributed by atoms with Crippen molar-refractivity contribution in [2.24, 2.45) is 17.3 Å². The van der Waals surface area contributed by atoms with Gasteiger partial charge in [-0.15, -0.1) is 6.58 Å². The van der Waals surface area contributed by atoms with E-state index in [1.54, 1.807) is 13.2 Å². The first-order valence-electron chi connectivity index (χ1n) is 18.9. The van der Waals surface area contributed by atoms with E-state index in [-0.39, 0.29) is 25.3 Å². The summed E-state index contributed by atoms with van der Waals surface area (Å²) in [5, 5.41) is 5.86. The molecule has 3 aliphatic carbocycles. The Morgan fingerprint density at radius 3 is 2.40 bits per heavy atom. The predicted molar refractivity (Wildman–Crippen MR) is 206 cm³/mol. The van der Waals surface area contributed by atoms with Crippen molar-refractivity contribution in [2.45, 2.75) is 94.7 Å². The SMILES string of the molecule is C=CC1CC1(NC(=O)C1CC(Oc2cc(-c3ccccc3)nc3cc(OC)ccc23)CN1C(=O)C(NC(=O)CC1CC1)C(C)(C)C)C(=O)NS(=O)(=O)C1CC1. The van der Waals surface area contributed by atoms with Crippen molar-refractivity contribution in [2.75, 3.05) is 13.7 Å². The van der Waals surface area contributed by atoms with Gasteiger partial charge in [-0.1, -0.05) is 57.2 Å². The minimum atomic E-state index is -3.90. The van der Waals surface area contributed by atoms with Crippen molar-refractivity contribution in [1.82, 2.24) is 25.2 Å². The van der Waals surface area contributed by atoms with Gasteiger partial charge >= 0.3 is 0 Å². The fraction of sp³-hybridized carbons (Fsp3) is 0.488. The number of pyridine rings is 1. The Balaban J connectivity index is 1.21. The summed E-state index contributed by atoms with van der Waals surface area (Å²) in [4.78, 5) is 62.1. The van der Waals surface area contributed by atoms with Crippen molar-refractivity contribution in [3.8, 4) is 22.8 Å². The zero-order chi connectivity index (χ0) is 39.3. The van der Waals surface area contributed by atoms with E-state index in [0.29, 0.717) is 53.3 Å². The highest BCUT2D eigenvalue weighted by atomic mass is 32.2. The third kappa shape index (κ3) is 8.19. The highest BCUT2D eigenvalue weighted by molar-refractivity contribution is 7.91. The zero-order valence-electron chi connectivity index (χ0n) is 31.7. The number of aromatic nitrogens is 1. The Bertz CT molecular complexity index is 2130. The Labute approximate surface area is 321 Å². The first-order valence-corrected chi connectivity index (χ1v) is 20.5. The molecule has 4 aliphatic rings. The van der Waals surface area contributed by atoms with Gasteiger partial charge in [-0.3, -0.25) is 23.9 Å². The molecule has 5 unspecified atom stereocenters.